The number of aromatic nitrogens is 2. The fraction of sp³-hybridized carbons (Fsp3) is 0. The zero-order valence-corrected chi connectivity index (χ0v) is 7.30. The second-order valence-electron chi connectivity index (χ2n) is 2.86. The Morgan fingerprint density at radius 3 is 2.20 bits per heavy atom. The average molecular weight is 214 g/mol. The lowest BCUT2D eigenvalue weighted by molar-refractivity contribution is 0.446. The van der Waals surface area contributed by atoms with Crippen molar-refractivity contribution in [2.45, 2.75) is 0 Å². The molecule has 15 heavy (non-hydrogen) atoms. The van der Waals surface area contributed by atoms with Crippen molar-refractivity contribution < 1.29 is 13.2 Å². The van der Waals surface area contributed by atoms with Gasteiger partial charge in [-0.3, -0.25) is 9.89 Å². The van der Waals surface area contributed by atoms with E-state index in [4.69, 9.17) is 0 Å². The Bertz CT molecular complexity index is 535. The first-order chi connectivity index (χ1) is 7.09. The van der Waals surface area contributed by atoms with Gasteiger partial charge in [-0.1, -0.05) is 0 Å². The largest absolute Gasteiger partial charge is 0.298 e. The molecule has 1 N–H and O–H groups in total. The fourth-order valence-electron chi connectivity index (χ4n) is 1.19. The summed E-state index contributed by atoms with van der Waals surface area (Å²) in [6, 6.07) is 2.64. The molecule has 78 valence electrons. The lowest BCUT2D eigenvalue weighted by Gasteiger charge is -2.02. The maximum atomic E-state index is 12.8. The number of halogens is 3. The summed E-state index contributed by atoms with van der Waals surface area (Å²) >= 11 is 0. The molecule has 1 heterocycles. The average Bonchev–Trinajstić information content (AvgIpc) is 2.60. The number of hydrogen-bond acceptors (Lipinski definition) is 1. The van der Waals surface area contributed by atoms with Gasteiger partial charge in [-0.2, -0.15) is 0 Å². The summed E-state index contributed by atoms with van der Waals surface area (Å²) in [5, 5.41) is 2.44. The second-order valence-corrected chi connectivity index (χ2v) is 2.86. The van der Waals surface area contributed by atoms with Crippen LogP contribution in [0.5, 0.6) is 0 Å². The van der Waals surface area contributed by atoms with Crippen molar-refractivity contribution >= 4 is 0 Å². The van der Waals surface area contributed by atoms with E-state index in [9.17, 15) is 18.0 Å². The molecule has 1 aromatic heterocycles. The van der Waals surface area contributed by atoms with Crippen LogP contribution in [0, 0.1) is 17.5 Å². The van der Waals surface area contributed by atoms with Crippen molar-refractivity contribution in [1.29, 1.82) is 0 Å². The summed E-state index contributed by atoms with van der Waals surface area (Å²) in [5.41, 5.74) is -0.582. The molecule has 0 saturated heterocycles. The van der Waals surface area contributed by atoms with Gasteiger partial charge in [0.15, 0.2) is 17.5 Å². The van der Waals surface area contributed by atoms with Crippen LogP contribution in [0.4, 0.5) is 13.2 Å². The van der Waals surface area contributed by atoms with Crippen LogP contribution in [0.2, 0.25) is 0 Å². The monoisotopic (exact) mass is 214 g/mol. The Hall–Kier alpha value is -1.98. The molecule has 0 saturated carbocycles. The molecule has 0 aliphatic heterocycles. The highest BCUT2D eigenvalue weighted by Gasteiger charge is 2.12. The van der Waals surface area contributed by atoms with Crippen LogP contribution in [-0.2, 0) is 0 Å². The number of nitrogens with one attached hydrogen (secondary N) is 1. The molecule has 3 nitrogen and oxygen atoms in total. The molecular formula is C9H5F3N2O. The first-order valence-electron chi connectivity index (χ1n) is 4.01. The van der Waals surface area contributed by atoms with Crippen molar-refractivity contribution in [3.05, 3.63) is 52.2 Å². The molecule has 0 spiro atoms. The van der Waals surface area contributed by atoms with Crippen LogP contribution in [0.25, 0.3) is 5.69 Å². The van der Waals surface area contributed by atoms with Crippen LogP contribution in [0.3, 0.4) is 0 Å². The molecule has 0 atom stereocenters. The lowest BCUT2D eigenvalue weighted by Crippen LogP contribution is -2.14. The van der Waals surface area contributed by atoms with Gasteiger partial charge in [0.25, 0.3) is 5.56 Å². The SMILES string of the molecule is O=c1cc[nH]n1-c1cc(F)c(F)c(F)c1. The van der Waals surface area contributed by atoms with Gasteiger partial charge in [-0.05, 0) is 0 Å². The number of aromatic amines is 1. The van der Waals surface area contributed by atoms with Crippen LogP contribution in [-0.4, -0.2) is 9.78 Å². The minimum absolute atomic E-state index is 0.0959. The third-order valence-electron chi connectivity index (χ3n) is 1.88. The fourth-order valence-corrected chi connectivity index (χ4v) is 1.19. The number of H-pyrrole nitrogens is 1. The third kappa shape index (κ3) is 1.54. The molecule has 0 amide bonds. The Morgan fingerprint density at radius 1 is 1.13 bits per heavy atom. The lowest BCUT2D eigenvalue weighted by atomic mass is 10.3. The van der Waals surface area contributed by atoms with Crippen LogP contribution in [0.15, 0.2) is 29.2 Å². The smallest absolute Gasteiger partial charge is 0.271 e. The second kappa shape index (κ2) is 3.30. The molecule has 0 fully saturated rings. The Labute approximate surface area is 81.8 Å². The highest BCUT2D eigenvalue weighted by atomic mass is 19.2. The van der Waals surface area contributed by atoms with Gasteiger partial charge in [0.05, 0.1) is 5.69 Å². The van der Waals surface area contributed by atoms with E-state index in [0.717, 1.165) is 16.8 Å². The van der Waals surface area contributed by atoms with Gasteiger partial charge in [0.1, 0.15) is 0 Å². The van der Waals surface area contributed by atoms with E-state index in [0.29, 0.717) is 0 Å². The summed E-state index contributed by atoms with van der Waals surface area (Å²) in [5.74, 6) is -4.24. The zero-order valence-electron chi connectivity index (χ0n) is 7.30. The molecule has 1 aromatic carbocycles. The molecule has 0 bridgehead atoms. The van der Waals surface area contributed by atoms with E-state index in [1.54, 1.807) is 0 Å². The summed E-state index contributed by atoms with van der Waals surface area (Å²) in [7, 11) is 0. The number of nitrogens with zero attached hydrogens (tertiary/aromatic N) is 1. The van der Waals surface area contributed by atoms with Gasteiger partial charge < -0.3 is 0 Å². The van der Waals surface area contributed by atoms with E-state index < -0.39 is 23.0 Å². The highest BCUT2D eigenvalue weighted by Crippen LogP contribution is 2.14. The maximum Gasteiger partial charge on any atom is 0.271 e. The molecule has 2 rings (SSSR count). The summed E-state index contributed by atoms with van der Waals surface area (Å²) < 4.78 is 39.1. The van der Waals surface area contributed by atoms with Crippen molar-refractivity contribution in [3.8, 4) is 5.69 Å². The van der Waals surface area contributed by atoms with Crippen molar-refractivity contribution in [1.82, 2.24) is 9.78 Å². The van der Waals surface area contributed by atoms with E-state index in [-0.39, 0.29) is 5.69 Å². The first kappa shape index (κ1) is 9.57. The molecule has 2 aromatic rings. The van der Waals surface area contributed by atoms with E-state index in [1.807, 2.05) is 0 Å². The van der Waals surface area contributed by atoms with E-state index in [1.165, 1.54) is 12.3 Å². The third-order valence-corrected chi connectivity index (χ3v) is 1.88. The van der Waals surface area contributed by atoms with Crippen molar-refractivity contribution in [2.75, 3.05) is 0 Å². The van der Waals surface area contributed by atoms with Gasteiger partial charge in [-0.25, -0.2) is 17.9 Å². The minimum Gasteiger partial charge on any atom is -0.298 e. The van der Waals surface area contributed by atoms with Crippen LogP contribution in [0.1, 0.15) is 0 Å². The molecule has 0 aliphatic carbocycles. The van der Waals surface area contributed by atoms with Gasteiger partial charge in [0.2, 0.25) is 0 Å². The molecule has 6 heteroatoms. The molecule has 0 radical (unpaired) electrons. The number of rotatable bonds is 1. The zero-order chi connectivity index (χ0) is 11.0. The Morgan fingerprint density at radius 2 is 1.73 bits per heavy atom. The predicted octanol–water partition coefficient (Wildman–Crippen LogP) is 1.58. The summed E-state index contributed by atoms with van der Waals surface area (Å²) in [6.45, 7) is 0. The summed E-state index contributed by atoms with van der Waals surface area (Å²) in [6.07, 6.45) is 1.31. The molecular weight excluding hydrogens is 209 g/mol. The topological polar surface area (TPSA) is 37.8 Å². The quantitative estimate of drug-likeness (QED) is 0.719. The van der Waals surface area contributed by atoms with Crippen molar-refractivity contribution in [2.24, 2.45) is 0 Å². The van der Waals surface area contributed by atoms with Crippen molar-refractivity contribution in [3.63, 3.8) is 0 Å². The number of hydrogen-bond donors (Lipinski definition) is 1. The van der Waals surface area contributed by atoms with Gasteiger partial charge >= 0.3 is 0 Å². The Balaban J connectivity index is 2.66. The predicted molar refractivity (Wildman–Crippen MR) is 46.3 cm³/mol. The minimum atomic E-state index is -1.56. The van der Waals surface area contributed by atoms with E-state index in [2.05, 4.69) is 5.10 Å². The first-order valence-corrected chi connectivity index (χ1v) is 4.01. The van der Waals surface area contributed by atoms with Crippen LogP contribution >= 0.6 is 0 Å². The normalized spacial score (nSPS) is 10.6. The van der Waals surface area contributed by atoms with E-state index >= 15 is 0 Å². The van der Waals surface area contributed by atoms with Crippen LogP contribution < -0.4 is 5.56 Å². The highest BCUT2D eigenvalue weighted by molar-refractivity contribution is 5.32. The number of benzene rings is 1. The standard InChI is InChI=1S/C9H5F3N2O/c10-6-3-5(4-7(11)9(6)12)14-8(15)1-2-13-14/h1-4,13H. The van der Waals surface area contributed by atoms with Gasteiger partial charge in [0, 0.05) is 24.4 Å². The maximum absolute atomic E-state index is 12.8. The molecule has 0 unspecified atom stereocenters. The Kier molecular flexibility index (Phi) is 2.11. The van der Waals surface area contributed by atoms with Gasteiger partial charge in [-0.15, -0.1) is 0 Å². The summed E-state index contributed by atoms with van der Waals surface area (Å²) in [4.78, 5) is 11.1. The molecule has 0 aliphatic rings.